The van der Waals surface area contributed by atoms with Gasteiger partial charge in [0.2, 0.25) is 11.7 Å². The number of hydrogen-bond acceptors (Lipinski definition) is 2. The molecule has 1 aromatic carbocycles. The van der Waals surface area contributed by atoms with Crippen LogP contribution in [0.15, 0.2) is 42.6 Å². The fourth-order valence-electron chi connectivity index (χ4n) is 4.48. The van der Waals surface area contributed by atoms with Crippen molar-refractivity contribution in [2.45, 2.75) is 34.1 Å². The Bertz CT molecular complexity index is 937. The molecule has 0 atom stereocenters. The highest BCUT2D eigenvalue weighted by Gasteiger charge is 2.50. The minimum absolute atomic E-state index is 0.0737. The second-order valence-corrected chi connectivity index (χ2v) is 8.37. The number of benzene rings is 1. The third-order valence-corrected chi connectivity index (χ3v) is 5.12. The van der Waals surface area contributed by atoms with Crippen molar-refractivity contribution >= 4 is 17.0 Å². The van der Waals surface area contributed by atoms with Crippen molar-refractivity contribution in [2.75, 3.05) is 0 Å². The Hall–Kier alpha value is -2.49. The van der Waals surface area contributed by atoms with Crippen LogP contribution in [0.3, 0.4) is 0 Å². The Balaban J connectivity index is 1.90. The lowest BCUT2D eigenvalue weighted by Crippen LogP contribution is -2.37. The molecular weight excluding hydrogens is 315 g/mol. The fraction of sp³-hybridized carbons (Fsp3) is 0.333. The standard InChI is InChI=1S/C21H22FN2O/c1-20(2)10-16-15-7-5-13(14-6-8-18(22)23-11-14)9-17(15)24(25)19(16)21(3,4)12-20/h5-11,25H,12H2,1-4H3/q+1. The molecule has 128 valence electrons. The Morgan fingerprint density at radius 2 is 1.80 bits per heavy atom. The van der Waals surface area contributed by atoms with Gasteiger partial charge in [-0.25, -0.2) is 4.98 Å². The van der Waals surface area contributed by atoms with E-state index in [1.807, 2.05) is 18.2 Å². The number of halogens is 1. The highest BCUT2D eigenvalue weighted by atomic mass is 19.1. The van der Waals surface area contributed by atoms with Crippen molar-refractivity contribution in [1.29, 1.82) is 0 Å². The van der Waals surface area contributed by atoms with E-state index in [1.165, 1.54) is 17.0 Å². The molecule has 0 bridgehead atoms. The van der Waals surface area contributed by atoms with Gasteiger partial charge >= 0.3 is 0 Å². The maximum atomic E-state index is 13.1. The summed E-state index contributed by atoms with van der Waals surface area (Å²) in [5.74, 6) is -0.496. The number of pyridine rings is 1. The maximum Gasteiger partial charge on any atom is 0.266 e. The zero-order valence-corrected chi connectivity index (χ0v) is 15.0. The summed E-state index contributed by atoms with van der Waals surface area (Å²) in [6.07, 6.45) is 4.75. The van der Waals surface area contributed by atoms with E-state index in [0.717, 1.165) is 40.1 Å². The summed E-state index contributed by atoms with van der Waals surface area (Å²) in [5, 5.41) is 10.9. The van der Waals surface area contributed by atoms with Gasteiger partial charge in [-0.1, -0.05) is 26.0 Å². The molecule has 0 fully saturated rings. The van der Waals surface area contributed by atoms with E-state index in [4.69, 9.17) is 0 Å². The second kappa shape index (κ2) is 5.01. The molecule has 0 saturated heterocycles. The van der Waals surface area contributed by atoms with Crippen molar-refractivity contribution < 1.29 is 14.3 Å². The molecular formula is C21H22FN2O+. The van der Waals surface area contributed by atoms with E-state index >= 15 is 0 Å². The number of allylic oxidation sites excluding steroid dienone is 2. The van der Waals surface area contributed by atoms with Gasteiger partial charge in [0.15, 0.2) is 0 Å². The van der Waals surface area contributed by atoms with Gasteiger partial charge in [-0.2, -0.15) is 4.39 Å². The molecule has 2 heterocycles. The number of fused-ring (bicyclic) bond motifs is 3. The van der Waals surface area contributed by atoms with Gasteiger partial charge in [-0.15, -0.1) is 0 Å². The predicted octanol–water partition coefficient (Wildman–Crippen LogP) is 5.22. The van der Waals surface area contributed by atoms with E-state index in [9.17, 15) is 9.60 Å². The van der Waals surface area contributed by atoms with Gasteiger partial charge in [-0.3, -0.25) is 5.21 Å². The number of hydrogen-bond donors (Lipinski definition) is 1. The van der Waals surface area contributed by atoms with Gasteiger partial charge < -0.3 is 0 Å². The van der Waals surface area contributed by atoms with Crippen LogP contribution in [0.4, 0.5) is 10.1 Å². The maximum absolute atomic E-state index is 13.1. The first-order valence-electron chi connectivity index (χ1n) is 8.54. The molecule has 2 aromatic rings. The summed E-state index contributed by atoms with van der Waals surface area (Å²) < 4.78 is 14.4. The molecule has 1 aliphatic carbocycles. The monoisotopic (exact) mass is 337 g/mol. The Kier molecular flexibility index (Phi) is 3.21. The molecule has 4 heteroatoms. The average molecular weight is 337 g/mol. The molecule has 0 radical (unpaired) electrons. The van der Waals surface area contributed by atoms with Crippen LogP contribution in [0.2, 0.25) is 0 Å². The third kappa shape index (κ3) is 2.48. The van der Waals surface area contributed by atoms with Crippen molar-refractivity contribution in [1.82, 2.24) is 4.98 Å². The van der Waals surface area contributed by atoms with Crippen LogP contribution in [0.5, 0.6) is 0 Å². The zero-order valence-electron chi connectivity index (χ0n) is 15.0. The summed E-state index contributed by atoms with van der Waals surface area (Å²) in [6.45, 7) is 8.82. The summed E-state index contributed by atoms with van der Waals surface area (Å²) in [5.41, 5.74) is 5.56. The minimum atomic E-state index is -0.496. The van der Waals surface area contributed by atoms with Gasteiger partial charge in [0.25, 0.3) is 5.69 Å². The van der Waals surface area contributed by atoms with Crippen LogP contribution in [0.25, 0.3) is 16.7 Å². The van der Waals surface area contributed by atoms with E-state index < -0.39 is 5.95 Å². The van der Waals surface area contributed by atoms with Gasteiger partial charge in [0.1, 0.15) is 0 Å². The molecule has 0 amide bonds. The van der Waals surface area contributed by atoms with Gasteiger partial charge in [0.05, 0.1) is 16.6 Å². The van der Waals surface area contributed by atoms with Crippen molar-refractivity contribution in [3.63, 3.8) is 0 Å². The van der Waals surface area contributed by atoms with Gasteiger partial charge in [-0.05, 0) is 49.4 Å². The molecule has 0 unspecified atom stereocenters. The van der Waals surface area contributed by atoms with Crippen LogP contribution in [0, 0.1) is 16.8 Å². The quantitative estimate of drug-likeness (QED) is 0.440. The molecule has 0 saturated carbocycles. The topological polar surface area (TPSA) is 36.1 Å². The van der Waals surface area contributed by atoms with Crippen molar-refractivity contribution in [3.8, 4) is 11.1 Å². The van der Waals surface area contributed by atoms with E-state index in [0.29, 0.717) is 0 Å². The van der Waals surface area contributed by atoms with Crippen LogP contribution in [0.1, 0.15) is 39.7 Å². The Labute approximate surface area is 147 Å². The lowest BCUT2D eigenvalue weighted by Gasteiger charge is -2.35. The number of nitrogens with zero attached hydrogens (tertiary/aromatic N) is 2. The molecule has 1 aliphatic heterocycles. The molecule has 0 spiro atoms. The van der Waals surface area contributed by atoms with Crippen LogP contribution in [-0.2, 0) is 0 Å². The normalized spacial score (nSPS) is 20.1. The summed E-state index contributed by atoms with van der Waals surface area (Å²) >= 11 is 0. The smallest absolute Gasteiger partial charge is 0.266 e. The first-order valence-corrected chi connectivity index (χ1v) is 8.54. The lowest BCUT2D eigenvalue weighted by molar-refractivity contribution is -0.712. The van der Waals surface area contributed by atoms with Gasteiger partial charge in [0, 0.05) is 22.6 Å². The summed E-state index contributed by atoms with van der Waals surface area (Å²) in [7, 11) is 0. The Morgan fingerprint density at radius 1 is 1.08 bits per heavy atom. The first kappa shape index (κ1) is 16.0. The molecule has 25 heavy (non-hydrogen) atoms. The van der Waals surface area contributed by atoms with Crippen LogP contribution >= 0.6 is 0 Å². The SMILES string of the molecule is CC1(C)C=C2C(=[N+](O)c3cc(-c4ccc(F)nc4)ccc32)C(C)(C)C1. The lowest BCUT2D eigenvalue weighted by atomic mass is 9.65. The van der Waals surface area contributed by atoms with Crippen molar-refractivity contribution in [3.05, 3.63) is 54.1 Å². The van der Waals surface area contributed by atoms with E-state index in [-0.39, 0.29) is 10.8 Å². The van der Waals surface area contributed by atoms with Crippen LogP contribution in [-0.4, -0.2) is 20.6 Å². The number of aromatic nitrogens is 1. The zero-order chi connectivity index (χ0) is 18.0. The fourth-order valence-corrected chi connectivity index (χ4v) is 4.48. The van der Waals surface area contributed by atoms with E-state index in [1.54, 1.807) is 6.07 Å². The number of rotatable bonds is 1. The highest BCUT2D eigenvalue weighted by Crippen LogP contribution is 2.50. The Morgan fingerprint density at radius 3 is 2.48 bits per heavy atom. The third-order valence-electron chi connectivity index (χ3n) is 5.12. The predicted molar refractivity (Wildman–Crippen MR) is 96.5 cm³/mol. The summed E-state index contributed by atoms with van der Waals surface area (Å²) in [6, 6.07) is 9.03. The van der Waals surface area contributed by atoms with Crippen LogP contribution < -0.4 is 0 Å². The molecule has 2 aliphatic rings. The molecule has 1 aromatic heterocycles. The molecule has 3 nitrogen and oxygen atoms in total. The largest absolute Gasteiger partial charge is 0.284 e. The average Bonchev–Trinajstić information content (AvgIpc) is 2.79. The van der Waals surface area contributed by atoms with E-state index in [2.05, 4.69) is 38.8 Å². The minimum Gasteiger partial charge on any atom is -0.284 e. The summed E-state index contributed by atoms with van der Waals surface area (Å²) in [4.78, 5) is 3.72. The second-order valence-electron chi connectivity index (χ2n) is 8.37. The first-order chi connectivity index (χ1) is 11.7. The molecule has 4 rings (SSSR count). The molecule has 1 N–H and O–H groups in total. The highest BCUT2D eigenvalue weighted by molar-refractivity contribution is 6.27. The van der Waals surface area contributed by atoms with Crippen molar-refractivity contribution in [2.24, 2.45) is 10.8 Å².